The molecule has 0 aliphatic heterocycles. The monoisotopic (exact) mass is 202 g/mol. The standard InChI is InChI=1S/C11H14N4/c1-7(2)5-10-9-6-13-4-3-8(9)11(12)15-14-10/h3-4,6-7H,5H2,1-2H3,(H2,12,15). The molecular weight excluding hydrogens is 188 g/mol. The van der Waals surface area contributed by atoms with E-state index < -0.39 is 0 Å². The second-order valence-corrected chi connectivity index (χ2v) is 4.05. The van der Waals surface area contributed by atoms with Gasteiger partial charge in [0.2, 0.25) is 0 Å². The molecule has 0 amide bonds. The number of fused-ring (bicyclic) bond motifs is 1. The Kier molecular flexibility index (Phi) is 2.49. The van der Waals surface area contributed by atoms with E-state index in [0.717, 1.165) is 22.9 Å². The van der Waals surface area contributed by atoms with Crippen LogP contribution in [0.2, 0.25) is 0 Å². The van der Waals surface area contributed by atoms with Gasteiger partial charge in [0.15, 0.2) is 5.82 Å². The van der Waals surface area contributed by atoms with Gasteiger partial charge in [-0.05, 0) is 18.4 Å². The summed E-state index contributed by atoms with van der Waals surface area (Å²) in [6, 6.07) is 1.88. The summed E-state index contributed by atoms with van der Waals surface area (Å²) in [6.45, 7) is 4.31. The number of hydrogen-bond donors (Lipinski definition) is 1. The van der Waals surface area contributed by atoms with Crippen molar-refractivity contribution in [3.05, 3.63) is 24.2 Å². The van der Waals surface area contributed by atoms with E-state index in [1.54, 1.807) is 12.4 Å². The van der Waals surface area contributed by atoms with Crippen molar-refractivity contribution in [3.63, 3.8) is 0 Å². The highest BCUT2D eigenvalue weighted by Crippen LogP contribution is 2.21. The lowest BCUT2D eigenvalue weighted by Crippen LogP contribution is -2.03. The van der Waals surface area contributed by atoms with Crippen LogP contribution in [0.4, 0.5) is 5.82 Å². The molecule has 4 nitrogen and oxygen atoms in total. The fourth-order valence-corrected chi connectivity index (χ4v) is 1.61. The summed E-state index contributed by atoms with van der Waals surface area (Å²) in [5, 5.41) is 10.0. The zero-order valence-electron chi connectivity index (χ0n) is 8.94. The van der Waals surface area contributed by atoms with Gasteiger partial charge in [0.25, 0.3) is 0 Å². The highest BCUT2D eigenvalue weighted by Gasteiger charge is 2.08. The van der Waals surface area contributed by atoms with E-state index >= 15 is 0 Å². The first kappa shape index (κ1) is 9.83. The maximum Gasteiger partial charge on any atom is 0.154 e. The smallest absolute Gasteiger partial charge is 0.154 e. The van der Waals surface area contributed by atoms with Crippen LogP contribution >= 0.6 is 0 Å². The molecule has 0 spiro atoms. The Morgan fingerprint density at radius 1 is 1.27 bits per heavy atom. The summed E-state index contributed by atoms with van der Waals surface area (Å²) in [6.07, 6.45) is 4.42. The first-order valence-corrected chi connectivity index (χ1v) is 5.03. The van der Waals surface area contributed by atoms with Gasteiger partial charge in [-0.3, -0.25) is 4.98 Å². The van der Waals surface area contributed by atoms with Crippen LogP contribution < -0.4 is 5.73 Å². The molecule has 0 radical (unpaired) electrons. The maximum atomic E-state index is 5.75. The molecule has 2 N–H and O–H groups in total. The van der Waals surface area contributed by atoms with E-state index in [-0.39, 0.29) is 0 Å². The van der Waals surface area contributed by atoms with E-state index in [2.05, 4.69) is 29.0 Å². The van der Waals surface area contributed by atoms with Crippen molar-refractivity contribution in [2.75, 3.05) is 5.73 Å². The third-order valence-corrected chi connectivity index (χ3v) is 2.29. The van der Waals surface area contributed by atoms with Crippen molar-refractivity contribution >= 4 is 16.6 Å². The van der Waals surface area contributed by atoms with Crippen LogP contribution in [0.1, 0.15) is 19.5 Å². The quantitative estimate of drug-likeness (QED) is 0.806. The maximum absolute atomic E-state index is 5.75. The van der Waals surface area contributed by atoms with E-state index in [9.17, 15) is 0 Å². The Morgan fingerprint density at radius 3 is 2.80 bits per heavy atom. The Bertz CT molecular complexity index is 479. The van der Waals surface area contributed by atoms with E-state index in [1.165, 1.54) is 0 Å². The van der Waals surface area contributed by atoms with E-state index in [0.29, 0.717) is 11.7 Å². The van der Waals surface area contributed by atoms with E-state index in [1.807, 2.05) is 6.07 Å². The summed E-state index contributed by atoms with van der Waals surface area (Å²) in [7, 11) is 0. The van der Waals surface area contributed by atoms with E-state index in [4.69, 9.17) is 5.73 Å². The SMILES string of the molecule is CC(C)Cc1nnc(N)c2ccncc12. The van der Waals surface area contributed by atoms with Gasteiger partial charge < -0.3 is 5.73 Å². The number of hydrogen-bond acceptors (Lipinski definition) is 4. The minimum atomic E-state index is 0.472. The number of rotatable bonds is 2. The van der Waals surface area contributed by atoms with Crippen molar-refractivity contribution in [2.45, 2.75) is 20.3 Å². The summed E-state index contributed by atoms with van der Waals surface area (Å²) in [5.41, 5.74) is 6.73. The van der Waals surface area contributed by atoms with Crippen molar-refractivity contribution in [2.24, 2.45) is 5.92 Å². The van der Waals surface area contributed by atoms with Gasteiger partial charge in [0.05, 0.1) is 5.69 Å². The molecule has 0 unspecified atom stereocenters. The predicted molar refractivity (Wildman–Crippen MR) is 60.3 cm³/mol. The molecule has 78 valence electrons. The number of anilines is 1. The second-order valence-electron chi connectivity index (χ2n) is 4.05. The van der Waals surface area contributed by atoms with Crippen LogP contribution in [0.15, 0.2) is 18.5 Å². The average Bonchev–Trinajstić information content (AvgIpc) is 2.22. The molecule has 0 fully saturated rings. The fraction of sp³-hybridized carbons (Fsp3) is 0.364. The van der Waals surface area contributed by atoms with Crippen LogP contribution in [-0.4, -0.2) is 15.2 Å². The molecule has 0 bridgehead atoms. The molecule has 0 saturated heterocycles. The van der Waals surface area contributed by atoms with Crippen molar-refractivity contribution in [3.8, 4) is 0 Å². The lowest BCUT2D eigenvalue weighted by molar-refractivity contribution is 0.633. The van der Waals surface area contributed by atoms with Crippen molar-refractivity contribution in [1.29, 1.82) is 0 Å². The highest BCUT2D eigenvalue weighted by molar-refractivity contribution is 5.91. The van der Waals surface area contributed by atoms with Crippen molar-refractivity contribution in [1.82, 2.24) is 15.2 Å². The third-order valence-electron chi connectivity index (χ3n) is 2.29. The Hall–Kier alpha value is -1.71. The molecule has 15 heavy (non-hydrogen) atoms. The zero-order valence-corrected chi connectivity index (χ0v) is 8.94. The average molecular weight is 202 g/mol. The summed E-state index contributed by atoms with van der Waals surface area (Å²) in [4.78, 5) is 4.10. The molecule has 4 heteroatoms. The van der Waals surface area contributed by atoms with Gasteiger partial charge in [-0.15, -0.1) is 5.10 Å². The van der Waals surface area contributed by atoms with Gasteiger partial charge in [-0.2, -0.15) is 5.10 Å². The second kappa shape index (κ2) is 3.81. The number of nitrogens with zero attached hydrogens (tertiary/aromatic N) is 3. The number of nitrogens with two attached hydrogens (primary N) is 1. The molecule has 0 aromatic carbocycles. The summed E-state index contributed by atoms with van der Waals surface area (Å²) in [5.74, 6) is 1.02. The Morgan fingerprint density at radius 2 is 2.07 bits per heavy atom. The Labute approximate surface area is 88.5 Å². The lowest BCUT2D eigenvalue weighted by atomic mass is 10.0. The minimum absolute atomic E-state index is 0.472. The largest absolute Gasteiger partial charge is 0.382 e. The lowest BCUT2D eigenvalue weighted by Gasteiger charge is -2.07. The molecule has 0 aliphatic rings. The molecule has 2 heterocycles. The number of aromatic nitrogens is 3. The Balaban J connectivity index is 2.61. The van der Waals surface area contributed by atoms with Gasteiger partial charge in [-0.25, -0.2) is 0 Å². The zero-order chi connectivity index (χ0) is 10.8. The van der Waals surface area contributed by atoms with Crippen LogP contribution in [0.25, 0.3) is 10.8 Å². The molecule has 0 atom stereocenters. The molecule has 2 aromatic heterocycles. The van der Waals surface area contributed by atoms with Crippen molar-refractivity contribution < 1.29 is 0 Å². The predicted octanol–water partition coefficient (Wildman–Crippen LogP) is 1.81. The topological polar surface area (TPSA) is 64.7 Å². The van der Waals surface area contributed by atoms with Crippen LogP contribution in [-0.2, 0) is 6.42 Å². The van der Waals surface area contributed by atoms with Gasteiger partial charge in [0.1, 0.15) is 0 Å². The summed E-state index contributed by atoms with van der Waals surface area (Å²) >= 11 is 0. The molecule has 0 saturated carbocycles. The minimum Gasteiger partial charge on any atom is -0.382 e. The normalized spacial score (nSPS) is 11.1. The fourth-order valence-electron chi connectivity index (χ4n) is 1.61. The van der Waals surface area contributed by atoms with Gasteiger partial charge in [-0.1, -0.05) is 13.8 Å². The first-order chi connectivity index (χ1) is 7.18. The first-order valence-electron chi connectivity index (χ1n) is 5.03. The van der Waals surface area contributed by atoms with Crippen LogP contribution in [0.3, 0.4) is 0 Å². The number of pyridine rings is 1. The van der Waals surface area contributed by atoms with Crippen LogP contribution in [0.5, 0.6) is 0 Å². The molecule has 0 aliphatic carbocycles. The highest BCUT2D eigenvalue weighted by atomic mass is 15.1. The molecular formula is C11H14N4. The molecule has 2 rings (SSSR count). The molecule has 2 aromatic rings. The van der Waals surface area contributed by atoms with Gasteiger partial charge >= 0.3 is 0 Å². The summed E-state index contributed by atoms with van der Waals surface area (Å²) < 4.78 is 0. The number of nitrogen functional groups attached to an aromatic ring is 1. The third kappa shape index (κ3) is 1.88. The van der Waals surface area contributed by atoms with Crippen LogP contribution in [0, 0.1) is 5.92 Å². The van der Waals surface area contributed by atoms with Gasteiger partial charge in [0, 0.05) is 23.2 Å².